The maximum atomic E-state index is 12.5. The summed E-state index contributed by atoms with van der Waals surface area (Å²) in [7, 11) is 1.64. The molecule has 3 aromatic heterocycles. The molecule has 0 aliphatic carbocycles. The van der Waals surface area contributed by atoms with Crippen molar-refractivity contribution >= 4 is 33.7 Å². The van der Waals surface area contributed by atoms with Gasteiger partial charge in [0, 0.05) is 24.8 Å². The van der Waals surface area contributed by atoms with Crippen molar-refractivity contribution in [2.75, 3.05) is 5.32 Å². The van der Waals surface area contributed by atoms with Crippen molar-refractivity contribution in [2.45, 2.75) is 6.54 Å². The minimum absolute atomic E-state index is 0.0848. The number of benzene rings is 1. The smallest absolute Gasteiger partial charge is 0.324 e. The number of aromatic nitrogens is 4. The van der Waals surface area contributed by atoms with Crippen molar-refractivity contribution in [3.8, 4) is 0 Å². The lowest BCUT2D eigenvalue weighted by Gasteiger charge is -2.09. The number of nitrogens with one attached hydrogen (secondary N) is 1. The lowest BCUT2D eigenvalue weighted by atomic mass is 10.2. The van der Waals surface area contributed by atoms with E-state index in [9.17, 15) is 9.59 Å². The van der Waals surface area contributed by atoms with Gasteiger partial charge in [0.15, 0.2) is 5.65 Å². The number of carbonyl (C=O) groups is 1. The minimum Gasteiger partial charge on any atom is -0.324 e. The first kappa shape index (κ1) is 15.1. The highest BCUT2D eigenvalue weighted by molar-refractivity contribution is 6.01. The Hall–Kier alpha value is -3.48. The molecular formula is C18H15N5O2. The topological polar surface area (TPSA) is 81.8 Å². The van der Waals surface area contributed by atoms with Crippen LogP contribution in [0.4, 0.5) is 5.69 Å². The second kappa shape index (κ2) is 5.86. The number of rotatable bonds is 3. The van der Waals surface area contributed by atoms with E-state index in [2.05, 4.69) is 15.3 Å². The van der Waals surface area contributed by atoms with Gasteiger partial charge in [0.2, 0.25) is 5.91 Å². The molecule has 0 unspecified atom stereocenters. The molecule has 7 nitrogen and oxygen atoms in total. The van der Waals surface area contributed by atoms with Crippen LogP contribution in [0.2, 0.25) is 0 Å². The summed E-state index contributed by atoms with van der Waals surface area (Å²) in [6.45, 7) is -0.0848. The van der Waals surface area contributed by atoms with Crippen LogP contribution in [0.5, 0.6) is 0 Å². The van der Waals surface area contributed by atoms with Crippen LogP contribution in [0.1, 0.15) is 0 Å². The van der Waals surface area contributed by atoms with Crippen molar-refractivity contribution in [3.63, 3.8) is 0 Å². The molecule has 1 aromatic carbocycles. The molecule has 0 atom stereocenters. The first-order valence-corrected chi connectivity index (χ1v) is 7.79. The van der Waals surface area contributed by atoms with Crippen molar-refractivity contribution in [1.82, 2.24) is 19.1 Å². The van der Waals surface area contributed by atoms with Crippen LogP contribution in [-0.4, -0.2) is 25.0 Å². The Morgan fingerprint density at radius 1 is 1.08 bits per heavy atom. The largest absolute Gasteiger partial charge is 0.330 e. The molecule has 124 valence electrons. The van der Waals surface area contributed by atoms with E-state index >= 15 is 0 Å². The number of aryl methyl sites for hydroxylation is 1. The van der Waals surface area contributed by atoms with Gasteiger partial charge in [0.05, 0.1) is 16.7 Å². The molecule has 3 heterocycles. The van der Waals surface area contributed by atoms with E-state index in [1.54, 1.807) is 31.6 Å². The van der Waals surface area contributed by atoms with Crippen LogP contribution in [-0.2, 0) is 18.4 Å². The summed E-state index contributed by atoms with van der Waals surface area (Å²) >= 11 is 0. The van der Waals surface area contributed by atoms with E-state index < -0.39 is 0 Å². The van der Waals surface area contributed by atoms with Gasteiger partial charge in [-0.3, -0.25) is 18.9 Å². The Labute approximate surface area is 142 Å². The number of hydrogen-bond donors (Lipinski definition) is 1. The molecule has 0 aliphatic rings. The van der Waals surface area contributed by atoms with Crippen LogP contribution < -0.4 is 11.0 Å². The summed E-state index contributed by atoms with van der Waals surface area (Å²) in [6, 6.07) is 12.8. The Balaban J connectivity index is 1.67. The number of pyridine rings is 2. The number of imidazole rings is 1. The predicted octanol–water partition coefficient (Wildman–Crippen LogP) is 1.92. The molecule has 7 heteroatoms. The highest BCUT2D eigenvalue weighted by Gasteiger charge is 2.14. The lowest BCUT2D eigenvalue weighted by Crippen LogP contribution is -2.28. The SMILES string of the molecule is Cn1c(=O)n(CC(=O)Nc2cccc3ncccc23)c2cccnc21. The molecule has 0 aliphatic heterocycles. The lowest BCUT2D eigenvalue weighted by molar-refractivity contribution is -0.116. The zero-order chi connectivity index (χ0) is 17.4. The normalized spacial score (nSPS) is 11.1. The number of fused-ring (bicyclic) bond motifs is 2. The first-order valence-electron chi connectivity index (χ1n) is 7.79. The van der Waals surface area contributed by atoms with Crippen LogP contribution in [0.25, 0.3) is 22.1 Å². The predicted molar refractivity (Wildman–Crippen MR) is 95.3 cm³/mol. The molecular weight excluding hydrogens is 318 g/mol. The van der Waals surface area contributed by atoms with Crippen molar-refractivity contribution in [2.24, 2.45) is 7.05 Å². The summed E-state index contributed by atoms with van der Waals surface area (Å²) in [5.74, 6) is -0.283. The number of anilines is 1. The monoisotopic (exact) mass is 333 g/mol. The van der Waals surface area contributed by atoms with E-state index in [0.717, 1.165) is 10.9 Å². The molecule has 0 saturated heterocycles. The Morgan fingerprint density at radius 3 is 2.76 bits per heavy atom. The van der Waals surface area contributed by atoms with Crippen LogP contribution >= 0.6 is 0 Å². The third kappa shape index (κ3) is 2.55. The number of amides is 1. The fourth-order valence-corrected chi connectivity index (χ4v) is 2.93. The van der Waals surface area contributed by atoms with Gasteiger partial charge < -0.3 is 5.32 Å². The van der Waals surface area contributed by atoms with Crippen molar-refractivity contribution < 1.29 is 4.79 Å². The molecule has 0 fully saturated rings. The molecule has 0 saturated carbocycles. The number of nitrogens with zero attached hydrogens (tertiary/aromatic N) is 4. The fraction of sp³-hybridized carbons (Fsp3) is 0.111. The molecule has 4 rings (SSSR count). The van der Waals surface area contributed by atoms with Gasteiger partial charge in [-0.15, -0.1) is 0 Å². The van der Waals surface area contributed by atoms with Gasteiger partial charge >= 0.3 is 5.69 Å². The van der Waals surface area contributed by atoms with Gasteiger partial charge in [-0.2, -0.15) is 0 Å². The van der Waals surface area contributed by atoms with Crippen LogP contribution in [0.15, 0.2) is 59.7 Å². The van der Waals surface area contributed by atoms with E-state index in [1.165, 1.54) is 9.13 Å². The molecule has 1 N–H and O–H groups in total. The van der Waals surface area contributed by atoms with E-state index in [0.29, 0.717) is 16.9 Å². The summed E-state index contributed by atoms with van der Waals surface area (Å²) in [5.41, 5.74) is 2.37. The van der Waals surface area contributed by atoms with E-state index in [-0.39, 0.29) is 18.1 Å². The van der Waals surface area contributed by atoms with E-state index in [1.807, 2.05) is 30.3 Å². The maximum Gasteiger partial charge on any atom is 0.330 e. The Bertz CT molecular complexity index is 1150. The minimum atomic E-state index is -0.283. The third-order valence-electron chi connectivity index (χ3n) is 4.11. The average molecular weight is 333 g/mol. The molecule has 0 radical (unpaired) electrons. The average Bonchev–Trinajstić information content (AvgIpc) is 2.87. The zero-order valence-electron chi connectivity index (χ0n) is 13.5. The second-order valence-corrected chi connectivity index (χ2v) is 5.70. The van der Waals surface area contributed by atoms with Gasteiger partial charge in [-0.1, -0.05) is 6.07 Å². The third-order valence-corrected chi connectivity index (χ3v) is 4.11. The van der Waals surface area contributed by atoms with Crippen LogP contribution in [0.3, 0.4) is 0 Å². The van der Waals surface area contributed by atoms with Crippen LogP contribution in [0, 0.1) is 0 Å². The van der Waals surface area contributed by atoms with Crippen molar-refractivity contribution in [1.29, 1.82) is 0 Å². The maximum absolute atomic E-state index is 12.5. The zero-order valence-corrected chi connectivity index (χ0v) is 13.5. The van der Waals surface area contributed by atoms with Gasteiger partial charge in [-0.25, -0.2) is 9.78 Å². The molecule has 0 bridgehead atoms. The van der Waals surface area contributed by atoms with Gasteiger partial charge in [0.1, 0.15) is 6.54 Å². The first-order chi connectivity index (χ1) is 12.1. The fourth-order valence-electron chi connectivity index (χ4n) is 2.93. The summed E-state index contributed by atoms with van der Waals surface area (Å²) in [5, 5.41) is 3.72. The quantitative estimate of drug-likeness (QED) is 0.621. The van der Waals surface area contributed by atoms with E-state index in [4.69, 9.17) is 0 Å². The Kier molecular flexibility index (Phi) is 3.53. The highest BCUT2D eigenvalue weighted by Crippen LogP contribution is 2.21. The van der Waals surface area contributed by atoms with Gasteiger partial charge in [-0.05, 0) is 36.4 Å². The number of carbonyl (C=O) groups excluding carboxylic acids is 1. The second-order valence-electron chi connectivity index (χ2n) is 5.70. The molecule has 1 amide bonds. The molecule has 4 aromatic rings. The molecule has 0 spiro atoms. The standard InChI is InChI=1S/C18H15N5O2/c1-22-17-15(8-4-10-20-17)23(18(22)25)11-16(24)21-14-7-2-6-13-12(14)5-3-9-19-13/h2-10H,11H2,1H3,(H,21,24). The summed E-state index contributed by atoms with van der Waals surface area (Å²) < 4.78 is 2.85. The molecule has 25 heavy (non-hydrogen) atoms. The highest BCUT2D eigenvalue weighted by atomic mass is 16.2. The summed E-state index contributed by atoms with van der Waals surface area (Å²) in [6.07, 6.45) is 3.33. The number of hydrogen-bond acceptors (Lipinski definition) is 4. The Morgan fingerprint density at radius 2 is 1.88 bits per heavy atom. The van der Waals surface area contributed by atoms with Gasteiger partial charge in [0.25, 0.3) is 0 Å². The van der Waals surface area contributed by atoms with Crippen molar-refractivity contribution in [3.05, 3.63) is 65.3 Å². The summed E-state index contributed by atoms with van der Waals surface area (Å²) in [4.78, 5) is 33.4.